The SMILES string of the molecule is CCC1(Nc2nc(N)ns2)CCC1. The van der Waals surface area contributed by atoms with Crippen molar-refractivity contribution in [1.29, 1.82) is 0 Å². The summed E-state index contributed by atoms with van der Waals surface area (Å²) < 4.78 is 3.94. The van der Waals surface area contributed by atoms with Crippen LogP contribution in [0, 0.1) is 0 Å². The molecule has 1 aliphatic rings. The highest BCUT2D eigenvalue weighted by Gasteiger charge is 2.35. The lowest BCUT2D eigenvalue weighted by molar-refractivity contribution is 0.269. The van der Waals surface area contributed by atoms with Gasteiger partial charge < -0.3 is 11.1 Å². The maximum atomic E-state index is 5.45. The van der Waals surface area contributed by atoms with E-state index in [1.807, 2.05) is 0 Å². The number of aromatic nitrogens is 2. The second kappa shape index (κ2) is 3.14. The van der Waals surface area contributed by atoms with Gasteiger partial charge in [-0.25, -0.2) is 0 Å². The second-order valence-electron chi connectivity index (χ2n) is 3.57. The third kappa shape index (κ3) is 1.60. The molecule has 0 atom stereocenters. The van der Waals surface area contributed by atoms with Crippen LogP contribution in [0.1, 0.15) is 32.6 Å². The molecule has 0 aromatic carbocycles. The van der Waals surface area contributed by atoms with Crippen molar-refractivity contribution < 1.29 is 0 Å². The summed E-state index contributed by atoms with van der Waals surface area (Å²) in [6.07, 6.45) is 4.94. The molecule has 0 unspecified atom stereocenters. The van der Waals surface area contributed by atoms with E-state index in [0.717, 1.165) is 11.6 Å². The van der Waals surface area contributed by atoms with E-state index >= 15 is 0 Å². The zero-order valence-corrected chi connectivity index (χ0v) is 8.52. The van der Waals surface area contributed by atoms with Crippen LogP contribution in [0.15, 0.2) is 0 Å². The van der Waals surface area contributed by atoms with Gasteiger partial charge in [0.05, 0.1) is 0 Å². The summed E-state index contributed by atoms with van der Waals surface area (Å²) >= 11 is 1.34. The molecule has 0 bridgehead atoms. The van der Waals surface area contributed by atoms with Gasteiger partial charge in [0.25, 0.3) is 0 Å². The molecule has 0 spiro atoms. The molecular formula is C8H14N4S. The molecule has 13 heavy (non-hydrogen) atoms. The van der Waals surface area contributed by atoms with Crippen molar-refractivity contribution in [2.75, 3.05) is 11.1 Å². The molecule has 1 fully saturated rings. The van der Waals surface area contributed by atoms with Gasteiger partial charge in [-0.3, -0.25) is 0 Å². The Labute approximate surface area is 81.7 Å². The van der Waals surface area contributed by atoms with Crippen molar-refractivity contribution in [1.82, 2.24) is 9.36 Å². The lowest BCUT2D eigenvalue weighted by Gasteiger charge is -2.41. The molecule has 3 N–H and O–H groups in total. The highest BCUT2D eigenvalue weighted by Crippen LogP contribution is 2.38. The first-order valence-corrected chi connectivity index (χ1v) is 5.39. The Morgan fingerprint density at radius 2 is 2.38 bits per heavy atom. The van der Waals surface area contributed by atoms with Crippen LogP contribution in [-0.4, -0.2) is 14.9 Å². The molecular weight excluding hydrogens is 184 g/mol. The first-order valence-electron chi connectivity index (χ1n) is 4.61. The fourth-order valence-corrected chi connectivity index (χ4v) is 2.30. The average molecular weight is 198 g/mol. The van der Waals surface area contributed by atoms with Crippen LogP contribution < -0.4 is 11.1 Å². The Morgan fingerprint density at radius 3 is 2.77 bits per heavy atom. The minimum Gasteiger partial charge on any atom is -0.367 e. The van der Waals surface area contributed by atoms with Crippen molar-refractivity contribution in [3.63, 3.8) is 0 Å². The fraction of sp³-hybridized carbons (Fsp3) is 0.750. The first kappa shape index (κ1) is 8.74. The maximum absolute atomic E-state index is 5.45. The number of nitrogens with one attached hydrogen (secondary N) is 1. The molecule has 1 aromatic heterocycles. The van der Waals surface area contributed by atoms with Gasteiger partial charge in [0.2, 0.25) is 11.1 Å². The molecule has 72 valence electrons. The molecule has 0 saturated heterocycles. The van der Waals surface area contributed by atoms with Crippen LogP contribution in [0.2, 0.25) is 0 Å². The maximum Gasteiger partial charge on any atom is 0.233 e. The van der Waals surface area contributed by atoms with Gasteiger partial charge in [0.15, 0.2) is 0 Å². The number of nitrogen functional groups attached to an aromatic ring is 1. The van der Waals surface area contributed by atoms with Gasteiger partial charge in [-0.05, 0) is 25.7 Å². The van der Waals surface area contributed by atoms with Gasteiger partial charge in [-0.2, -0.15) is 9.36 Å². The molecule has 2 rings (SSSR count). The summed E-state index contributed by atoms with van der Waals surface area (Å²) in [4.78, 5) is 4.10. The predicted molar refractivity (Wildman–Crippen MR) is 54.8 cm³/mol. The van der Waals surface area contributed by atoms with Gasteiger partial charge in [0.1, 0.15) is 0 Å². The van der Waals surface area contributed by atoms with Crippen molar-refractivity contribution in [3.05, 3.63) is 0 Å². The summed E-state index contributed by atoms with van der Waals surface area (Å²) in [6.45, 7) is 2.20. The highest BCUT2D eigenvalue weighted by molar-refractivity contribution is 7.09. The van der Waals surface area contributed by atoms with E-state index in [-0.39, 0.29) is 5.54 Å². The van der Waals surface area contributed by atoms with Gasteiger partial charge >= 0.3 is 0 Å². The number of hydrogen-bond acceptors (Lipinski definition) is 5. The monoisotopic (exact) mass is 198 g/mol. The Kier molecular flexibility index (Phi) is 2.11. The predicted octanol–water partition coefficient (Wildman–Crippen LogP) is 1.86. The van der Waals surface area contributed by atoms with Crippen molar-refractivity contribution in [2.45, 2.75) is 38.1 Å². The number of nitrogens with two attached hydrogens (primary N) is 1. The molecule has 0 radical (unpaired) electrons. The summed E-state index contributed by atoms with van der Waals surface area (Å²) in [7, 11) is 0. The molecule has 1 heterocycles. The number of nitrogens with zero attached hydrogens (tertiary/aromatic N) is 2. The van der Waals surface area contributed by atoms with Crippen LogP contribution in [-0.2, 0) is 0 Å². The van der Waals surface area contributed by atoms with E-state index in [1.54, 1.807) is 0 Å². The van der Waals surface area contributed by atoms with Crippen LogP contribution >= 0.6 is 11.5 Å². The minimum atomic E-state index is 0.284. The lowest BCUT2D eigenvalue weighted by atomic mass is 9.75. The average Bonchev–Trinajstić information content (AvgIpc) is 2.44. The highest BCUT2D eigenvalue weighted by atomic mass is 32.1. The summed E-state index contributed by atoms with van der Waals surface area (Å²) in [5, 5.41) is 4.29. The standard InChI is InChI=1S/C8H14N4S/c1-2-8(4-3-5-8)11-7-10-6(9)12-13-7/h2-5H2,1H3,(H3,9,10,11,12). The van der Waals surface area contributed by atoms with Gasteiger partial charge in [0, 0.05) is 17.1 Å². The minimum absolute atomic E-state index is 0.284. The summed E-state index contributed by atoms with van der Waals surface area (Å²) in [5.41, 5.74) is 5.73. The van der Waals surface area contributed by atoms with Crippen molar-refractivity contribution >= 4 is 22.6 Å². The zero-order valence-electron chi connectivity index (χ0n) is 7.71. The third-order valence-electron chi connectivity index (χ3n) is 2.80. The topological polar surface area (TPSA) is 63.8 Å². The molecule has 4 nitrogen and oxygen atoms in total. The van der Waals surface area contributed by atoms with Crippen LogP contribution in [0.25, 0.3) is 0 Å². The number of hydrogen-bond donors (Lipinski definition) is 2. The summed E-state index contributed by atoms with van der Waals surface area (Å²) in [5.74, 6) is 0.373. The smallest absolute Gasteiger partial charge is 0.233 e. The first-order chi connectivity index (χ1) is 6.24. The molecule has 0 amide bonds. The zero-order chi connectivity index (χ0) is 9.31. The van der Waals surface area contributed by atoms with Crippen LogP contribution in [0.3, 0.4) is 0 Å². The Morgan fingerprint density at radius 1 is 1.62 bits per heavy atom. The fourth-order valence-electron chi connectivity index (χ4n) is 1.68. The van der Waals surface area contributed by atoms with Gasteiger partial charge in [-0.15, -0.1) is 0 Å². The van der Waals surface area contributed by atoms with E-state index in [9.17, 15) is 0 Å². The molecule has 1 aliphatic carbocycles. The van der Waals surface area contributed by atoms with Crippen LogP contribution in [0.4, 0.5) is 11.1 Å². The quantitative estimate of drug-likeness (QED) is 0.778. The molecule has 1 aromatic rings. The van der Waals surface area contributed by atoms with E-state index in [2.05, 4.69) is 21.6 Å². The van der Waals surface area contributed by atoms with Gasteiger partial charge in [-0.1, -0.05) is 6.92 Å². The second-order valence-corrected chi connectivity index (χ2v) is 4.32. The number of anilines is 2. The van der Waals surface area contributed by atoms with E-state index in [1.165, 1.54) is 30.8 Å². The largest absolute Gasteiger partial charge is 0.367 e. The Bertz CT molecular complexity index is 287. The third-order valence-corrected chi connectivity index (χ3v) is 3.45. The Balaban J connectivity index is 2.04. The van der Waals surface area contributed by atoms with E-state index in [0.29, 0.717) is 5.95 Å². The summed E-state index contributed by atoms with van der Waals surface area (Å²) in [6, 6.07) is 0. The van der Waals surface area contributed by atoms with Crippen LogP contribution in [0.5, 0.6) is 0 Å². The van der Waals surface area contributed by atoms with E-state index < -0.39 is 0 Å². The number of rotatable bonds is 3. The molecule has 0 aliphatic heterocycles. The molecule has 5 heteroatoms. The lowest BCUT2D eigenvalue weighted by Crippen LogP contribution is -2.44. The van der Waals surface area contributed by atoms with E-state index in [4.69, 9.17) is 5.73 Å². The molecule has 1 saturated carbocycles. The normalized spacial score (nSPS) is 19.5. The van der Waals surface area contributed by atoms with Crippen molar-refractivity contribution in [3.8, 4) is 0 Å². The Hall–Kier alpha value is -0.840. The van der Waals surface area contributed by atoms with Crippen molar-refractivity contribution in [2.24, 2.45) is 0 Å².